The van der Waals surface area contributed by atoms with Crippen molar-refractivity contribution in [2.75, 3.05) is 52.5 Å². The second kappa shape index (κ2) is 10.9. The maximum Gasteiger partial charge on any atom is 0.0752 e. The predicted molar refractivity (Wildman–Crippen MR) is 79.0 cm³/mol. The van der Waals surface area contributed by atoms with Crippen LogP contribution < -0.4 is 5.73 Å². The van der Waals surface area contributed by atoms with Gasteiger partial charge in [-0.2, -0.15) is 0 Å². The SMILES string of the molecule is COCCOCCOCCOCc1c(N)cccc1Cl. The van der Waals surface area contributed by atoms with E-state index in [2.05, 4.69) is 0 Å². The molecule has 2 N–H and O–H groups in total. The molecule has 0 radical (unpaired) electrons. The lowest BCUT2D eigenvalue weighted by Gasteiger charge is -2.09. The first-order valence-corrected chi connectivity index (χ1v) is 6.88. The Labute approximate surface area is 124 Å². The quantitative estimate of drug-likeness (QED) is 0.501. The molecule has 0 heterocycles. The molecule has 0 saturated heterocycles. The minimum atomic E-state index is 0.388. The molecule has 114 valence electrons. The monoisotopic (exact) mass is 303 g/mol. The normalized spacial score (nSPS) is 10.9. The summed E-state index contributed by atoms with van der Waals surface area (Å²) in [4.78, 5) is 0. The fraction of sp³-hybridized carbons (Fsp3) is 0.571. The van der Waals surface area contributed by atoms with Crippen LogP contribution in [-0.4, -0.2) is 46.8 Å². The van der Waals surface area contributed by atoms with Crippen molar-refractivity contribution in [1.29, 1.82) is 0 Å². The van der Waals surface area contributed by atoms with Gasteiger partial charge in [-0.05, 0) is 12.1 Å². The molecule has 0 amide bonds. The number of ether oxygens (including phenoxy) is 4. The van der Waals surface area contributed by atoms with Crippen LogP contribution in [0.4, 0.5) is 5.69 Å². The first kappa shape index (κ1) is 17.2. The van der Waals surface area contributed by atoms with Crippen molar-refractivity contribution in [2.45, 2.75) is 6.61 Å². The van der Waals surface area contributed by atoms with E-state index in [0.29, 0.717) is 57.0 Å². The van der Waals surface area contributed by atoms with E-state index in [0.717, 1.165) is 5.56 Å². The Morgan fingerprint density at radius 3 is 2.15 bits per heavy atom. The first-order chi connectivity index (χ1) is 9.75. The molecular weight excluding hydrogens is 282 g/mol. The van der Waals surface area contributed by atoms with Crippen LogP contribution in [0.2, 0.25) is 5.02 Å². The number of methoxy groups -OCH3 is 1. The summed E-state index contributed by atoms with van der Waals surface area (Å²) < 4.78 is 20.9. The Hall–Kier alpha value is -0.850. The Balaban J connectivity index is 2.00. The van der Waals surface area contributed by atoms with Gasteiger partial charge >= 0.3 is 0 Å². The van der Waals surface area contributed by atoms with E-state index in [1.54, 1.807) is 19.2 Å². The number of nitrogens with two attached hydrogens (primary N) is 1. The van der Waals surface area contributed by atoms with E-state index in [1.807, 2.05) is 6.07 Å². The van der Waals surface area contributed by atoms with Crippen LogP contribution in [0.15, 0.2) is 18.2 Å². The van der Waals surface area contributed by atoms with Crippen LogP contribution in [0.3, 0.4) is 0 Å². The zero-order chi connectivity index (χ0) is 14.6. The van der Waals surface area contributed by atoms with Crippen LogP contribution in [0.1, 0.15) is 5.56 Å². The molecular formula is C14H22ClNO4. The lowest BCUT2D eigenvalue weighted by Crippen LogP contribution is -2.11. The average Bonchev–Trinajstić information content (AvgIpc) is 2.43. The summed E-state index contributed by atoms with van der Waals surface area (Å²) in [6, 6.07) is 5.41. The summed E-state index contributed by atoms with van der Waals surface area (Å²) in [6.45, 7) is 3.67. The van der Waals surface area contributed by atoms with E-state index >= 15 is 0 Å². The van der Waals surface area contributed by atoms with Crippen LogP contribution in [0, 0.1) is 0 Å². The summed E-state index contributed by atoms with van der Waals surface area (Å²) in [7, 11) is 1.64. The lowest BCUT2D eigenvalue weighted by molar-refractivity contribution is 0.000946. The molecule has 0 saturated carbocycles. The van der Waals surface area contributed by atoms with Gasteiger partial charge in [0.15, 0.2) is 0 Å². The molecule has 0 aliphatic rings. The van der Waals surface area contributed by atoms with Crippen LogP contribution >= 0.6 is 11.6 Å². The average molecular weight is 304 g/mol. The number of anilines is 1. The van der Waals surface area contributed by atoms with E-state index in [4.69, 9.17) is 36.3 Å². The molecule has 0 aliphatic heterocycles. The minimum Gasteiger partial charge on any atom is -0.398 e. The maximum absolute atomic E-state index is 6.03. The van der Waals surface area contributed by atoms with Crippen molar-refractivity contribution >= 4 is 17.3 Å². The van der Waals surface area contributed by atoms with Gasteiger partial charge in [-0.3, -0.25) is 0 Å². The van der Waals surface area contributed by atoms with Crippen molar-refractivity contribution < 1.29 is 18.9 Å². The van der Waals surface area contributed by atoms with Gasteiger partial charge in [0, 0.05) is 23.4 Å². The van der Waals surface area contributed by atoms with Gasteiger partial charge in [0.05, 0.1) is 46.2 Å². The third-order valence-electron chi connectivity index (χ3n) is 2.58. The summed E-state index contributed by atoms with van der Waals surface area (Å²) >= 11 is 6.03. The van der Waals surface area contributed by atoms with E-state index in [1.165, 1.54) is 0 Å². The van der Waals surface area contributed by atoms with Gasteiger partial charge in [0.1, 0.15) is 0 Å². The molecule has 20 heavy (non-hydrogen) atoms. The molecule has 6 heteroatoms. The highest BCUT2D eigenvalue weighted by molar-refractivity contribution is 6.31. The zero-order valence-corrected chi connectivity index (χ0v) is 12.5. The van der Waals surface area contributed by atoms with Gasteiger partial charge in [0.25, 0.3) is 0 Å². The minimum absolute atomic E-state index is 0.388. The third-order valence-corrected chi connectivity index (χ3v) is 2.93. The summed E-state index contributed by atoms with van der Waals surface area (Å²) in [5, 5.41) is 0.623. The number of benzene rings is 1. The lowest BCUT2D eigenvalue weighted by atomic mass is 10.2. The summed E-state index contributed by atoms with van der Waals surface area (Å²) in [5.74, 6) is 0. The molecule has 0 aliphatic carbocycles. The van der Waals surface area contributed by atoms with Gasteiger partial charge in [-0.25, -0.2) is 0 Å². The van der Waals surface area contributed by atoms with Crippen LogP contribution in [-0.2, 0) is 25.6 Å². The molecule has 0 unspecified atom stereocenters. The third kappa shape index (κ3) is 7.07. The van der Waals surface area contributed by atoms with Crippen molar-refractivity contribution in [3.05, 3.63) is 28.8 Å². The Morgan fingerprint density at radius 1 is 0.950 bits per heavy atom. The van der Waals surface area contributed by atoms with Crippen molar-refractivity contribution in [3.63, 3.8) is 0 Å². The van der Waals surface area contributed by atoms with Crippen molar-refractivity contribution in [3.8, 4) is 0 Å². The van der Waals surface area contributed by atoms with Crippen LogP contribution in [0.25, 0.3) is 0 Å². The molecule has 1 rings (SSSR count). The molecule has 0 aromatic heterocycles. The largest absolute Gasteiger partial charge is 0.398 e. The highest BCUT2D eigenvalue weighted by Crippen LogP contribution is 2.22. The predicted octanol–water partition coefficient (Wildman–Crippen LogP) is 2.12. The Morgan fingerprint density at radius 2 is 1.55 bits per heavy atom. The second-order valence-electron chi connectivity index (χ2n) is 4.08. The van der Waals surface area contributed by atoms with Gasteiger partial charge in [-0.15, -0.1) is 0 Å². The number of hydrogen-bond acceptors (Lipinski definition) is 5. The first-order valence-electron chi connectivity index (χ1n) is 6.50. The summed E-state index contributed by atoms with van der Waals surface area (Å²) in [5.41, 5.74) is 7.28. The second-order valence-corrected chi connectivity index (χ2v) is 4.48. The van der Waals surface area contributed by atoms with Crippen molar-refractivity contribution in [1.82, 2.24) is 0 Å². The van der Waals surface area contributed by atoms with Gasteiger partial charge in [0.2, 0.25) is 0 Å². The Kier molecular flexibility index (Phi) is 9.36. The van der Waals surface area contributed by atoms with E-state index in [9.17, 15) is 0 Å². The molecule has 0 atom stereocenters. The number of hydrogen-bond donors (Lipinski definition) is 1. The number of nitrogen functional groups attached to an aromatic ring is 1. The van der Waals surface area contributed by atoms with Crippen molar-refractivity contribution in [2.24, 2.45) is 0 Å². The summed E-state index contributed by atoms with van der Waals surface area (Å²) in [6.07, 6.45) is 0. The van der Waals surface area contributed by atoms with Gasteiger partial charge < -0.3 is 24.7 Å². The zero-order valence-electron chi connectivity index (χ0n) is 11.8. The topological polar surface area (TPSA) is 62.9 Å². The van der Waals surface area contributed by atoms with E-state index < -0.39 is 0 Å². The molecule has 1 aromatic carbocycles. The standard InChI is InChI=1S/C14H22ClNO4/c1-17-5-6-18-7-8-19-9-10-20-11-12-13(15)3-2-4-14(12)16/h2-4H,5-11,16H2,1H3. The fourth-order valence-electron chi connectivity index (χ4n) is 1.48. The van der Waals surface area contributed by atoms with Gasteiger partial charge in [-0.1, -0.05) is 17.7 Å². The molecule has 0 bridgehead atoms. The van der Waals surface area contributed by atoms with E-state index in [-0.39, 0.29) is 0 Å². The molecule has 5 nitrogen and oxygen atoms in total. The smallest absolute Gasteiger partial charge is 0.0752 e. The molecule has 1 aromatic rings. The highest BCUT2D eigenvalue weighted by atomic mass is 35.5. The van der Waals surface area contributed by atoms with Crippen LogP contribution in [0.5, 0.6) is 0 Å². The Bertz CT molecular complexity index is 356. The number of halogens is 1. The number of rotatable bonds is 11. The molecule has 0 fully saturated rings. The highest BCUT2D eigenvalue weighted by Gasteiger charge is 2.04. The molecule has 0 spiro atoms. The fourth-order valence-corrected chi connectivity index (χ4v) is 1.72. The maximum atomic E-state index is 6.03.